The summed E-state index contributed by atoms with van der Waals surface area (Å²) in [6.07, 6.45) is 4.75. The van der Waals surface area contributed by atoms with Crippen LogP contribution in [0.25, 0.3) is 0 Å². The van der Waals surface area contributed by atoms with Crippen LogP contribution >= 0.6 is 0 Å². The second-order valence-electron chi connectivity index (χ2n) is 4.67. The molecule has 1 saturated carbocycles. The summed E-state index contributed by atoms with van der Waals surface area (Å²) in [6.45, 7) is 4.56. The molecule has 1 aliphatic carbocycles. The predicted molar refractivity (Wildman–Crippen MR) is 39.9 cm³/mol. The fourth-order valence-corrected chi connectivity index (χ4v) is 3.68. The van der Waals surface area contributed by atoms with Crippen molar-refractivity contribution in [1.29, 1.82) is 0 Å². The molecule has 4 aliphatic rings. The van der Waals surface area contributed by atoms with E-state index in [0.29, 0.717) is 0 Å². The molecule has 4 bridgehead atoms. The van der Waals surface area contributed by atoms with Crippen molar-refractivity contribution in [3.05, 3.63) is 0 Å². The monoisotopic (exact) mass is 265 g/mol. The molecule has 4 fully saturated rings. The Morgan fingerprint density at radius 3 is 1.36 bits per heavy atom. The fourth-order valence-electron chi connectivity index (χ4n) is 3.68. The van der Waals surface area contributed by atoms with Gasteiger partial charge in [-0.1, -0.05) is 0 Å². The van der Waals surface area contributed by atoms with Gasteiger partial charge in [-0.05, 0) is 19.3 Å². The second-order valence-corrected chi connectivity index (χ2v) is 4.67. The highest BCUT2D eigenvalue weighted by atomic mass is 127. The Hall–Kier alpha value is 0.690. The first-order chi connectivity index (χ1) is 4.90. The third-order valence-electron chi connectivity index (χ3n) is 3.73. The molecule has 3 aliphatic heterocycles. The van der Waals surface area contributed by atoms with Crippen LogP contribution in [-0.2, 0) is 0 Å². The van der Waals surface area contributed by atoms with Crippen LogP contribution < -0.4 is 28.9 Å². The van der Waals surface area contributed by atoms with E-state index in [-0.39, 0.29) is 24.0 Å². The van der Waals surface area contributed by atoms with Crippen molar-refractivity contribution in [1.82, 2.24) is 0 Å². The van der Waals surface area contributed by atoms with E-state index in [1.807, 2.05) is 4.90 Å². The molecule has 0 unspecified atom stereocenters. The van der Waals surface area contributed by atoms with E-state index in [0.717, 1.165) is 17.8 Å². The van der Waals surface area contributed by atoms with Gasteiger partial charge in [0.15, 0.2) is 0 Å². The number of quaternary nitrogens is 1. The van der Waals surface area contributed by atoms with Gasteiger partial charge in [-0.15, -0.1) is 0 Å². The Morgan fingerprint density at radius 2 is 1.09 bits per heavy atom. The maximum Gasteiger partial charge on any atom is 0.0799 e. The molecule has 2 heteroatoms. The highest BCUT2D eigenvalue weighted by Gasteiger charge is 2.43. The van der Waals surface area contributed by atoms with Crippen molar-refractivity contribution in [2.24, 2.45) is 17.8 Å². The standard InChI is InChI=1S/C9H15N.HI/c1-7-2-9-3-8(1)5-10(4-7)6-9;/h7-9H,1-6H2;1H. The van der Waals surface area contributed by atoms with E-state index >= 15 is 0 Å². The van der Waals surface area contributed by atoms with Gasteiger partial charge < -0.3 is 28.9 Å². The lowest BCUT2D eigenvalue weighted by atomic mass is 9.68. The van der Waals surface area contributed by atoms with Crippen molar-refractivity contribution in [2.75, 3.05) is 19.6 Å². The lowest BCUT2D eigenvalue weighted by molar-refractivity contribution is -0.929. The van der Waals surface area contributed by atoms with Crippen LogP contribution in [0.4, 0.5) is 0 Å². The van der Waals surface area contributed by atoms with Gasteiger partial charge in [-0.2, -0.15) is 0 Å². The van der Waals surface area contributed by atoms with Crippen molar-refractivity contribution in [2.45, 2.75) is 19.3 Å². The SMILES string of the molecule is C1C2CC3CC1C[NH+](C2)C3.[I-]. The van der Waals surface area contributed by atoms with Gasteiger partial charge in [0.25, 0.3) is 0 Å². The quantitative estimate of drug-likeness (QED) is 0.444. The Bertz CT molecular complexity index is 101. The van der Waals surface area contributed by atoms with Gasteiger partial charge in [-0.25, -0.2) is 0 Å². The Balaban J connectivity index is 0.000000480. The van der Waals surface area contributed by atoms with E-state index in [9.17, 15) is 0 Å². The molecule has 4 rings (SSSR count). The zero-order valence-corrected chi connectivity index (χ0v) is 9.01. The highest BCUT2D eigenvalue weighted by molar-refractivity contribution is 4.84. The number of rotatable bonds is 0. The molecule has 0 aromatic carbocycles. The molecule has 3 saturated heterocycles. The predicted octanol–water partition coefficient (Wildman–Crippen LogP) is -3.06. The van der Waals surface area contributed by atoms with Gasteiger partial charge in [0, 0.05) is 17.8 Å². The van der Waals surface area contributed by atoms with Crippen LogP contribution in [0.1, 0.15) is 19.3 Å². The van der Waals surface area contributed by atoms with Crippen LogP contribution in [0.2, 0.25) is 0 Å². The van der Waals surface area contributed by atoms with Crippen molar-refractivity contribution in [3.63, 3.8) is 0 Å². The Kier molecular flexibility index (Phi) is 2.17. The highest BCUT2D eigenvalue weighted by Crippen LogP contribution is 2.36. The normalized spacial score (nSPS) is 52.4. The number of hydrogen-bond acceptors (Lipinski definition) is 0. The van der Waals surface area contributed by atoms with E-state index in [4.69, 9.17) is 0 Å². The first-order valence-electron chi connectivity index (χ1n) is 4.73. The van der Waals surface area contributed by atoms with Crippen molar-refractivity contribution < 1.29 is 28.9 Å². The maximum atomic E-state index is 1.93. The minimum atomic E-state index is 0. The lowest BCUT2D eigenvalue weighted by Crippen LogP contribution is -3.17. The number of halogens is 1. The third-order valence-corrected chi connectivity index (χ3v) is 3.73. The topological polar surface area (TPSA) is 4.44 Å². The zero-order valence-electron chi connectivity index (χ0n) is 6.85. The van der Waals surface area contributed by atoms with Crippen LogP contribution in [0.3, 0.4) is 0 Å². The summed E-state index contributed by atoms with van der Waals surface area (Å²) < 4.78 is 0. The van der Waals surface area contributed by atoms with Gasteiger partial charge in [0.05, 0.1) is 19.6 Å². The Morgan fingerprint density at radius 1 is 0.727 bits per heavy atom. The molecule has 0 aromatic rings. The Labute approximate surface area is 85.5 Å². The molecule has 64 valence electrons. The molecule has 3 heterocycles. The van der Waals surface area contributed by atoms with Gasteiger partial charge >= 0.3 is 0 Å². The summed E-state index contributed by atoms with van der Waals surface area (Å²) in [5, 5.41) is 0. The average Bonchev–Trinajstić information content (AvgIpc) is 1.82. The molecule has 1 N–H and O–H groups in total. The van der Waals surface area contributed by atoms with E-state index in [2.05, 4.69) is 0 Å². The lowest BCUT2D eigenvalue weighted by Gasteiger charge is -2.48. The minimum absolute atomic E-state index is 0. The average molecular weight is 265 g/mol. The largest absolute Gasteiger partial charge is 1.00 e. The summed E-state index contributed by atoms with van der Waals surface area (Å²) in [5.41, 5.74) is 0. The molecule has 0 radical (unpaired) electrons. The number of piperidine rings is 3. The first-order valence-corrected chi connectivity index (χ1v) is 4.73. The molecule has 11 heavy (non-hydrogen) atoms. The van der Waals surface area contributed by atoms with E-state index in [1.165, 1.54) is 19.6 Å². The summed E-state index contributed by atoms with van der Waals surface area (Å²) in [6, 6.07) is 0. The van der Waals surface area contributed by atoms with Crippen LogP contribution in [0.5, 0.6) is 0 Å². The van der Waals surface area contributed by atoms with Crippen LogP contribution in [-0.4, -0.2) is 19.6 Å². The molecular formula is C9H16IN. The summed E-state index contributed by atoms with van der Waals surface area (Å²) in [4.78, 5) is 1.93. The molecule has 0 atom stereocenters. The van der Waals surface area contributed by atoms with E-state index < -0.39 is 0 Å². The fraction of sp³-hybridized carbons (Fsp3) is 1.00. The van der Waals surface area contributed by atoms with Gasteiger partial charge in [0.1, 0.15) is 0 Å². The van der Waals surface area contributed by atoms with Gasteiger partial charge in [0.2, 0.25) is 0 Å². The van der Waals surface area contributed by atoms with Crippen molar-refractivity contribution >= 4 is 0 Å². The number of nitrogens with one attached hydrogen (secondary N) is 1. The molecule has 0 aromatic heterocycles. The second kappa shape index (κ2) is 2.87. The van der Waals surface area contributed by atoms with Crippen molar-refractivity contribution in [3.8, 4) is 0 Å². The summed E-state index contributed by atoms with van der Waals surface area (Å²) in [5.74, 6) is 3.42. The van der Waals surface area contributed by atoms with E-state index in [1.54, 1.807) is 19.3 Å². The maximum absolute atomic E-state index is 1.93. The first kappa shape index (κ1) is 8.30. The smallest absolute Gasteiger partial charge is 0.0799 e. The minimum Gasteiger partial charge on any atom is -1.00 e. The molecule has 1 nitrogen and oxygen atoms in total. The van der Waals surface area contributed by atoms with Gasteiger partial charge in [-0.3, -0.25) is 0 Å². The third kappa shape index (κ3) is 1.32. The number of hydrogen-bond donors (Lipinski definition) is 1. The summed E-state index contributed by atoms with van der Waals surface area (Å²) >= 11 is 0. The molecular weight excluding hydrogens is 249 g/mol. The van der Waals surface area contributed by atoms with Crippen LogP contribution in [0.15, 0.2) is 0 Å². The van der Waals surface area contributed by atoms with Crippen LogP contribution in [0, 0.1) is 17.8 Å². The molecule has 0 amide bonds. The molecule has 0 spiro atoms. The summed E-state index contributed by atoms with van der Waals surface area (Å²) in [7, 11) is 0. The zero-order chi connectivity index (χ0) is 6.55.